The molecule has 0 spiro atoms. The molecule has 1 atom stereocenters. The average molecular weight is 396 g/mol. The molecule has 2 aromatic carbocycles. The van der Waals surface area contributed by atoms with Crippen LogP contribution in [0.2, 0.25) is 0 Å². The molecule has 0 aromatic heterocycles. The second-order valence-electron chi connectivity index (χ2n) is 5.91. The lowest BCUT2D eigenvalue weighted by Crippen LogP contribution is -2.18. The molecule has 8 nitrogen and oxygen atoms in total. The highest BCUT2D eigenvalue weighted by atomic mass is 19.1. The highest BCUT2D eigenvalue weighted by molar-refractivity contribution is 5.95. The number of nitrogen functional groups attached to an aromatic ring is 2. The lowest BCUT2D eigenvalue weighted by Gasteiger charge is -2.18. The van der Waals surface area contributed by atoms with Gasteiger partial charge < -0.3 is 31.2 Å². The van der Waals surface area contributed by atoms with Crippen LogP contribution in [0.1, 0.15) is 34.1 Å². The van der Waals surface area contributed by atoms with Crippen LogP contribution in [0.5, 0.6) is 11.5 Å². The number of carboxylic acids is 2. The predicted molar refractivity (Wildman–Crippen MR) is 95.7 cm³/mol. The van der Waals surface area contributed by atoms with Crippen LogP contribution in [-0.4, -0.2) is 34.9 Å². The lowest BCUT2D eigenvalue weighted by atomic mass is 10.1. The van der Waals surface area contributed by atoms with Crippen LogP contribution in [0.3, 0.4) is 0 Å². The highest BCUT2D eigenvalue weighted by Crippen LogP contribution is 2.29. The summed E-state index contributed by atoms with van der Waals surface area (Å²) in [5.41, 5.74) is 10.1. The van der Waals surface area contributed by atoms with Crippen LogP contribution in [0, 0.1) is 11.6 Å². The number of carbonyl (C=O) groups is 2. The molecule has 0 amide bonds. The Morgan fingerprint density at radius 1 is 0.964 bits per heavy atom. The average Bonchev–Trinajstić information content (AvgIpc) is 2.59. The van der Waals surface area contributed by atoms with Crippen LogP contribution < -0.4 is 20.9 Å². The van der Waals surface area contributed by atoms with Crippen molar-refractivity contribution in [2.45, 2.75) is 19.4 Å². The topological polar surface area (TPSA) is 145 Å². The van der Waals surface area contributed by atoms with Gasteiger partial charge in [-0.3, -0.25) is 0 Å². The molecule has 28 heavy (non-hydrogen) atoms. The van der Waals surface area contributed by atoms with Crippen LogP contribution >= 0.6 is 0 Å². The van der Waals surface area contributed by atoms with Crippen LogP contribution in [-0.2, 0) is 0 Å². The standard InChI is InChI=1S/C18H18F2N2O6/c1-8(28-14-7-10(20)5-12(16(14)22)18(25)26)2-3-27-13-6-9(19)4-11(15(13)21)17(23)24/h4-8H,2-3,21-22H2,1H3,(H,23,24)(H,25,26). The molecule has 0 bridgehead atoms. The van der Waals surface area contributed by atoms with E-state index in [1.807, 2.05) is 0 Å². The number of rotatable bonds is 8. The lowest BCUT2D eigenvalue weighted by molar-refractivity contribution is 0.0686. The summed E-state index contributed by atoms with van der Waals surface area (Å²) >= 11 is 0. The number of benzene rings is 2. The maximum Gasteiger partial charge on any atom is 0.338 e. The Kier molecular flexibility index (Phi) is 6.24. The Morgan fingerprint density at radius 3 is 1.93 bits per heavy atom. The Bertz CT molecular complexity index is 919. The molecule has 0 aliphatic heterocycles. The molecule has 0 saturated heterocycles. The summed E-state index contributed by atoms with van der Waals surface area (Å²) in [5.74, 6) is -4.70. The van der Waals surface area contributed by atoms with Gasteiger partial charge in [0.2, 0.25) is 0 Å². The summed E-state index contributed by atoms with van der Waals surface area (Å²) < 4.78 is 37.8. The molecule has 2 rings (SSSR count). The smallest absolute Gasteiger partial charge is 0.338 e. The highest BCUT2D eigenvalue weighted by Gasteiger charge is 2.18. The van der Waals surface area contributed by atoms with Crippen molar-refractivity contribution >= 4 is 23.3 Å². The summed E-state index contributed by atoms with van der Waals surface area (Å²) in [6.07, 6.45) is -0.379. The van der Waals surface area contributed by atoms with E-state index in [2.05, 4.69) is 0 Å². The van der Waals surface area contributed by atoms with Gasteiger partial charge in [-0.1, -0.05) is 0 Å². The molecule has 1 unspecified atom stereocenters. The molecule has 0 aliphatic rings. The predicted octanol–water partition coefficient (Wildman–Crippen LogP) is 2.76. The van der Waals surface area contributed by atoms with Crippen LogP contribution in [0.4, 0.5) is 20.2 Å². The number of halogens is 2. The van der Waals surface area contributed by atoms with E-state index in [0.29, 0.717) is 0 Å². The summed E-state index contributed by atoms with van der Waals surface area (Å²) in [4.78, 5) is 22.1. The number of hydrogen-bond donors (Lipinski definition) is 4. The van der Waals surface area contributed by atoms with Gasteiger partial charge in [-0.05, 0) is 19.1 Å². The summed E-state index contributed by atoms with van der Waals surface area (Å²) in [6.45, 7) is 1.57. The molecule has 2 aromatic rings. The number of anilines is 2. The molecule has 0 saturated carbocycles. The zero-order valence-electron chi connectivity index (χ0n) is 14.7. The number of carboxylic acid groups (broad SMARTS) is 2. The molecule has 0 radical (unpaired) electrons. The second kappa shape index (κ2) is 8.42. The minimum Gasteiger partial charge on any atom is -0.491 e. The Balaban J connectivity index is 2.04. The summed E-state index contributed by atoms with van der Waals surface area (Å²) in [7, 11) is 0. The molecular formula is C18H18F2N2O6. The fourth-order valence-electron chi connectivity index (χ4n) is 2.37. The minimum absolute atomic E-state index is 0.0328. The second-order valence-corrected chi connectivity index (χ2v) is 5.91. The van der Waals surface area contributed by atoms with Crippen molar-refractivity contribution in [3.05, 3.63) is 47.0 Å². The van der Waals surface area contributed by atoms with E-state index < -0.39 is 40.8 Å². The monoisotopic (exact) mass is 396 g/mol. The van der Waals surface area contributed by atoms with Gasteiger partial charge in [0.1, 0.15) is 23.1 Å². The van der Waals surface area contributed by atoms with Gasteiger partial charge in [0.25, 0.3) is 0 Å². The Morgan fingerprint density at radius 2 is 1.43 bits per heavy atom. The normalized spacial score (nSPS) is 11.7. The molecule has 0 aliphatic carbocycles. The van der Waals surface area contributed by atoms with E-state index in [1.54, 1.807) is 6.92 Å². The maximum absolute atomic E-state index is 13.6. The largest absolute Gasteiger partial charge is 0.491 e. The van der Waals surface area contributed by atoms with Gasteiger partial charge in [0.15, 0.2) is 0 Å². The van der Waals surface area contributed by atoms with E-state index >= 15 is 0 Å². The number of aromatic carboxylic acids is 2. The molecule has 0 fully saturated rings. The fourth-order valence-corrected chi connectivity index (χ4v) is 2.37. The first-order chi connectivity index (χ1) is 13.1. The van der Waals surface area contributed by atoms with Crippen LogP contribution in [0.15, 0.2) is 24.3 Å². The molecule has 150 valence electrons. The van der Waals surface area contributed by atoms with Gasteiger partial charge in [-0.25, -0.2) is 18.4 Å². The van der Waals surface area contributed by atoms with Crippen LogP contribution in [0.25, 0.3) is 0 Å². The number of ether oxygens (including phenoxy) is 2. The van der Waals surface area contributed by atoms with Gasteiger partial charge in [0, 0.05) is 18.6 Å². The van der Waals surface area contributed by atoms with Gasteiger partial charge in [-0.2, -0.15) is 0 Å². The van der Waals surface area contributed by atoms with E-state index in [4.69, 9.17) is 31.2 Å². The van der Waals surface area contributed by atoms with E-state index in [-0.39, 0.29) is 35.9 Å². The first kappa shape index (κ1) is 20.7. The van der Waals surface area contributed by atoms with Crippen molar-refractivity contribution < 1.29 is 38.1 Å². The molecule has 6 N–H and O–H groups in total. The van der Waals surface area contributed by atoms with Crippen molar-refractivity contribution in [1.82, 2.24) is 0 Å². The minimum atomic E-state index is -1.39. The van der Waals surface area contributed by atoms with Gasteiger partial charge in [-0.15, -0.1) is 0 Å². The molecule has 10 heteroatoms. The SMILES string of the molecule is CC(CCOc1cc(F)cc(C(=O)O)c1N)Oc1cc(F)cc(C(=O)O)c1N. The summed E-state index contributed by atoms with van der Waals surface area (Å²) in [6, 6.07) is 3.48. The molecular weight excluding hydrogens is 378 g/mol. The van der Waals surface area contributed by atoms with Gasteiger partial charge in [0.05, 0.1) is 35.2 Å². The van der Waals surface area contributed by atoms with Crippen molar-refractivity contribution in [1.29, 1.82) is 0 Å². The molecule has 0 heterocycles. The van der Waals surface area contributed by atoms with E-state index in [1.165, 1.54) is 0 Å². The Hall–Kier alpha value is -3.56. The number of hydrogen-bond acceptors (Lipinski definition) is 6. The van der Waals surface area contributed by atoms with Crippen molar-refractivity contribution in [2.24, 2.45) is 0 Å². The maximum atomic E-state index is 13.6. The Labute approximate surface area is 158 Å². The van der Waals surface area contributed by atoms with Crippen molar-refractivity contribution in [2.75, 3.05) is 18.1 Å². The van der Waals surface area contributed by atoms with E-state index in [0.717, 1.165) is 24.3 Å². The third kappa shape index (κ3) is 4.78. The first-order valence-electron chi connectivity index (χ1n) is 8.04. The van der Waals surface area contributed by atoms with Crippen molar-refractivity contribution in [3.8, 4) is 11.5 Å². The zero-order valence-corrected chi connectivity index (χ0v) is 14.7. The van der Waals surface area contributed by atoms with E-state index in [9.17, 15) is 18.4 Å². The quantitative estimate of drug-likeness (QED) is 0.498. The third-order valence-electron chi connectivity index (χ3n) is 3.78. The third-order valence-corrected chi connectivity index (χ3v) is 3.78. The first-order valence-corrected chi connectivity index (χ1v) is 8.04. The zero-order chi connectivity index (χ0) is 21.0. The van der Waals surface area contributed by atoms with Gasteiger partial charge >= 0.3 is 11.9 Å². The number of nitrogens with two attached hydrogens (primary N) is 2. The fraction of sp³-hybridized carbons (Fsp3) is 0.222. The van der Waals surface area contributed by atoms with Crippen molar-refractivity contribution in [3.63, 3.8) is 0 Å². The summed E-state index contributed by atoms with van der Waals surface area (Å²) in [5, 5.41) is 18.0.